The molecule has 0 unspecified atom stereocenters. The molecule has 2 rings (SSSR count). The third kappa shape index (κ3) is 7.10. The minimum absolute atomic E-state index is 0.00418. The largest absolute Gasteiger partial charge is 0.355 e. The van der Waals surface area contributed by atoms with E-state index >= 15 is 0 Å². The van der Waals surface area contributed by atoms with Crippen molar-refractivity contribution in [1.82, 2.24) is 14.5 Å². The van der Waals surface area contributed by atoms with Crippen LogP contribution in [0.1, 0.15) is 30.5 Å². The maximum atomic E-state index is 13.7. The molecule has 2 aromatic carbocycles. The number of aryl methyl sites for hydroxylation is 2. The highest BCUT2D eigenvalue weighted by molar-refractivity contribution is 7.90. The summed E-state index contributed by atoms with van der Waals surface area (Å²) in [6.07, 6.45) is 0. The molecule has 0 saturated carbocycles. The summed E-state index contributed by atoms with van der Waals surface area (Å²) in [7, 11) is -1.22. The Bertz CT molecular complexity index is 1190. The lowest BCUT2D eigenvalue weighted by Crippen LogP contribution is -2.52. The summed E-state index contributed by atoms with van der Waals surface area (Å²) in [5, 5.41) is 3.49. The van der Waals surface area contributed by atoms with Gasteiger partial charge < -0.3 is 10.2 Å². The first-order chi connectivity index (χ1) is 16.3. The number of amides is 2. The van der Waals surface area contributed by atoms with Gasteiger partial charge in [-0.05, 0) is 62.6 Å². The average molecular weight is 544 g/mol. The van der Waals surface area contributed by atoms with Gasteiger partial charge >= 0.3 is 10.2 Å². The van der Waals surface area contributed by atoms with Crippen molar-refractivity contribution in [2.75, 3.05) is 31.5 Å². The van der Waals surface area contributed by atoms with E-state index in [1.165, 1.54) is 19.0 Å². The van der Waals surface area contributed by atoms with Crippen molar-refractivity contribution in [3.05, 3.63) is 63.1 Å². The number of nitrogens with one attached hydrogen (secondary N) is 1. The van der Waals surface area contributed by atoms with E-state index in [4.69, 9.17) is 23.2 Å². The normalized spacial score (nSPS) is 12.4. The molecule has 2 aromatic rings. The molecule has 192 valence electrons. The second-order valence-corrected chi connectivity index (χ2v) is 11.3. The van der Waals surface area contributed by atoms with Crippen LogP contribution in [0.2, 0.25) is 10.0 Å². The molecule has 0 spiro atoms. The number of carbonyl (C=O) groups excluding carboxylic acids is 2. The molecule has 1 atom stereocenters. The third-order valence-electron chi connectivity index (χ3n) is 5.53. The SMILES string of the molecule is CCNC(=O)[C@H](C)N(Cc1ccc(Cl)cc1Cl)C(=O)CN(c1cc(C)ccc1C)S(=O)(=O)N(C)C. The number of halogens is 2. The third-order valence-corrected chi connectivity index (χ3v) is 7.92. The van der Waals surface area contributed by atoms with Gasteiger partial charge in [0.25, 0.3) is 0 Å². The second kappa shape index (κ2) is 12.1. The predicted octanol–water partition coefficient (Wildman–Crippen LogP) is 3.78. The summed E-state index contributed by atoms with van der Waals surface area (Å²) in [5.74, 6) is -0.916. The van der Waals surface area contributed by atoms with Crippen LogP contribution in [0.15, 0.2) is 36.4 Å². The van der Waals surface area contributed by atoms with Crippen LogP contribution >= 0.6 is 23.2 Å². The number of likely N-dealkylation sites (N-methyl/N-ethyl adjacent to an activating group) is 1. The predicted molar refractivity (Wildman–Crippen MR) is 141 cm³/mol. The van der Waals surface area contributed by atoms with Crippen molar-refractivity contribution in [1.29, 1.82) is 0 Å². The van der Waals surface area contributed by atoms with Gasteiger partial charge in [0, 0.05) is 37.2 Å². The van der Waals surface area contributed by atoms with Crippen LogP contribution in [0.25, 0.3) is 0 Å². The minimum atomic E-state index is -4.03. The number of nitrogens with zero attached hydrogens (tertiary/aromatic N) is 3. The van der Waals surface area contributed by atoms with Crippen LogP contribution in [0.4, 0.5) is 5.69 Å². The Morgan fingerprint density at radius 3 is 2.29 bits per heavy atom. The first kappa shape index (κ1) is 28.9. The Morgan fingerprint density at radius 2 is 1.71 bits per heavy atom. The van der Waals surface area contributed by atoms with E-state index in [1.807, 2.05) is 13.0 Å². The van der Waals surface area contributed by atoms with Crippen LogP contribution in [0, 0.1) is 13.8 Å². The second-order valence-electron chi connectivity index (χ2n) is 8.41. The van der Waals surface area contributed by atoms with Crippen molar-refractivity contribution >= 4 is 50.9 Å². The number of carbonyl (C=O) groups is 2. The Morgan fingerprint density at radius 1 is 1.06 bits per heavy atom. The van der Waals surface area contributed by atoms with Gasteiger partial charge in [-0.15, -0.1) is 0 Å². The first-order valence-electron chi connectivity index (χ1n) is 11.1. The molecule has 0 aliphatic heterocycles. The van der Waals surface area contributed by atoms with Crippen LogP contribution in [0.3, 0.4) is 0 Å². The quantitative estimate of drug-likeness (QED) is 0.494. The molecule has 0 aliphatic carbocycles. The molecule has 35 heavy (non-hydrogen) atoms. The fraction of sp³-hybridized carbons (Fsp3) is 0.417. The van der Waals surface area contributed by atoms with Crippen molar-refractivity contribution in [2.45, 2.75) is 40.3 Å². The van der Waals surface area contributed by atoms with E-state index < -0.39 is 28.7 Å². The Labute approximate surface area is 218 Å². The van der Waals surface area contributed by atoms with Crippen molar-refractivity contribution in [3.8, 4) is 0 Å². The summed E-state index contributed by atoms with van der Waals surface area (Å²) in [6, 6.07) is 9.38. The van der Waals surface area contributed by atoms with E-state index in [2.05, 4.69) is 5.32 Å². The number of anilines is 1. The molecular weight excluding hydrogens is 511 g/mol. The maximum absolute atomic E-state index is 13.7. The summed E-state index contributed by atoms with van der Waals surface area (Å²) in [4.78, 5) is 27.7. The van der Waals surface area contributed by atoms with Crippen molar-refractivity contribution in [2.24, 2.45) is 0 Å². The molecule has 0 fully saturated rings. The van der Waals surface area contributed by atoms with Crippen LogP contribution in [-0.4, -0.2) is 62.7 Å². The van der Waals surface area contributed by atoms with Gasteiger partial charge in [0.1, 0.15) is 12.6 Å². The number of benzene rings is 2. The van der Waals surface area contributed by atoms with Gasteiger partial charge in [-0.3, -0.25) is 9.59 Å². The zero-order chi connectivity index (χ0) is 26.5. The van der Waals surface area contributed by atoms with Gasteiger partial charge in [0.15, 0.2) is 0 Å². The standard InChI is InChI=1S/C24H32Cl2N4O4S/c1-7-27-24(32)18(4)29(14-19-10-11-20(25)13-21(19)26)23(31)15-30(35(33,34)28(5)6)22-12-16(2)8-9-17(22)3/h8-13,18H,7,14-15H2,1-6H3,(H,27,32)/t18-/m0/s1. The van der Waals surface area contributed by atoms with Crippen LogP contribution in [0.5, 0.6) is 0 Å². The smallest absolute Gasteiger partial charge is 0.304 e. The van der Waals surface area contributed by atoms with E-state index in [0.29, 0.717) is 33.4 Å². The molecule has 11 heteroatoms. The molecule has 1 N–H and O–H groups in total. The fourth-order valence-electron chi connectivity index (χ4n) is 3.43. The van der Waals surface area contributed by atoms with E-state index in [0.717, 1.165) is 14.2 Å². The number of rotatable bonds is 10. The lowest BCUT2D eigenvalue weighted by atomic mass is 10.1. The van der Waals surface area contributed by atoms with Gasteiger partial charge in [-0.2, -0.15) is 12.7 Å². The van der Waals surface area contributed by atoms with E-state index in [1.54, 1.807) is 51.1 Å². The molecule has 2 amide bonds. The Kier molecular flexibility index (Phi) is 9.97. The summed E-state index contributed by atoms with van der Waals surface area (Å²) >= 11 is 12.3. The minimum Gasteiger partial charge on any atom is -0.355 e. The molecule has 0 aliphatic rings. The molecular formula is C24H32Cl2N4O4S. The van der Waals surface area contributed by atoms with Gasteiger partial charge in [0.05, 0.1) is 5.69 Å². The Hall–Kier alpha value is -2.33. The lowest BCUT2D eigenvalue weighted by molar-refractivity contribution is -0.139. The molecule has 8 nitrogen and oxygen atoms in total. The zero-order valence-electron chi connectivity index (χ0n) is 20.8. The van der Waals surface area contributed by atoms with Gasteiger partial charge in [-0.1, -0.05) is 41.4 Å². The summed E-state index contributed by atoms with van der Waals surface area (Å²) in [6.45, 7) is 6.87. The van der Waals surface area contributed by atoms with Gasteiger partial charge in [-0.25, -0.2) is 4.31 Å². The topological polar surface area (TPSA) is 90.0 Å². The molecule has 0 heterocycles. The van der Waals surface area contributed by atoms with Crippen LogP contribution < -0.4 is 9.62 Å². The maximum Gasteiger partial charge on any atom is 0.304 e. The number of hydrogen-bond donors (Lipinski definition) is 1. The fourth-order valence-corrected chi connectivity index (χ4v) is 5.01. The first-order valence-corrected chi connectivity index (χ1v) is 13.2. The molecule has 0 radical (unpaired) electrons. The molecule has 0 saturated heterocycles. The monoisotopic (exact) mass is 542 g/mol. The van der Waals surface area contributed by atoms with Crippen LogP contribution in [-0.2, 0) is 26.3 Å². The molecule has 0 aromatic heterocycles. The highest BCUT2D eigenvalue weighted by Crippen LogP contribution is 2.27. The molecule has 0 bridgehead atoms. The van der Waals surface area contributed by atoms with E-state index in [9.17, 15) is 18.0 Å². The zero-order valence-corrected chi connectivity index (χ0v) is 23.1. The van der Waals surface area contributed by atoms with Crippen molar-refractivity contribution in [3.63, 3.8) is 0 Å². The average Bonchev–Trinajstić information content (AvgIpc) is 2.78. The summed E-state index contributed by atoms with van der Waals surface area (Å²) in [5.41, 5.74) is 2.51. The highest BCUT2D eigenvalue weighted by atomic mass is 35.5. The van der Waals surface area contributed by atoms with E-state index in [-0.39, 0.29) is 12.5 Å². The highest BCUT2D eigenvalue weighted by Gasteiger charge is 2.33. The number of hydrogen-bond acceptors (Lipinski definition) is 4. The Balaban J connectivity index is 2.54. The summed E-state index contributed by atoms with van der Waals surface area (Å²) < 4.78 is 28.7. The lowest BCUT2D eigenvalue weighted by Gasteiger charge is -2.33. The van der Waals surface area contributed by atoms with Gasteiger partial charge in [0.2, 0.25) is 11.8 Å². The van der Waals surface area contributed by atoms with Crippen molar-refractivity contribution < 1.29 is 18.0 Å².